The number of hydrogen-bond acceptors (Lipinski definition) is 7. The molecule has 32 heavy (non-hydrogen) atoms. The summed E-state index contributed by atoms with van der Waals surface area (Å²) in [5, 5.41) is 7.44. The van der Waals surface area contributed by atoms with E-state index in [2.05, 4.69) is 43.6 Å². The van der Waals surface area contributed by atoms with E-state index in [0.717, 1.165) is 73.0 Å². The van der Waals surface area contributed by atoms with E-state index in [-0.39, 0.29) is 5.91 Å². The molecule has 8 nitrogen and oxygen atoms in total. The van der Waals surface area contributed by atoms with Crippen LogP contribution in [0.2, 0.25) is 0 Å². The summed E-state index contributed by atoms with van der Waals surface area (Å²) in [7, 11) is 1.72. The fourth-order valence-corrected chi connectivity index (χ4v) is 4.55. The van der Waals surface area contributed by atoms with Crippen LogP contribution in [0.25, 0.3) is 10.9 Å². The summed E-state index contributed by atoms with van der Waals surface area (Å²) < 4.78 is 5.52. The SMILES string of the molecule is COc1ccccc1N1CCN(CCNc2nc3c(c4cccnc24)CCC(=O)N3)CC1. The van der Waals surface area contributed by atoms with Gasteiger partial charge >= 0.3 is 0 Å². The van der Waals surface area contributed by atoms with Gasteiger partial charge in [0.25, 0.3) is 0 Å². The molecule has 0 bridgehead atoms. The lowest BCUT2D eigenvalue weighted by Gasteiger charge is -2.36. The van der Waals surface area contributed by atoms with Gasteiger partial charge in [-0.05, 0) is 24.6 Å². The number of nitrogens with one attached hydrogen (secondary N) is 2. The first kappa shape index (κ1) is 20.5. The molecule has 0 spiro atoms. The molecule has 5 rings (SSSR count). The van der Waals surface area contributed by atoms with Crippen LogP contribution in [0.15, 0.2) is 42.6 Å². The Morgan fingerprint density at radius 3 is 2.78 bits per heavy atom. The maximum absolute atomic E-state index is 11.9. The molecule has 2 aromatic heterocycles. The molecule has 2 N–H and O–H groups in total. The van der Waals surface area contributed by atoms with Crippen LogP contribution in [0.1, 0.15) is 12.0 Å². The van der Waals surface area contributed by atoms with Gasteiger partial charge in [0.15, 0.2) is 5.82 Å². The third-order valence-corrected chi connectivity index (χ3v) is 6.25. The van der Waals surface area contributed by atoms with Crippen LogP contribution in [0.4, 0.5) is 17.3 Å². The summed E-state index contributed by atoms with van der Waals surface area (Å²) in [6, 6.07) is 12.2. The zero-order valence-corrected chi connectivity index (χ0v) is 18.3. The van der Waals surface area contributed by atoms with Gasteiger partial charge in [-0.1, -0.05) is 18.2 Å². The molecule has 2 aliphatic rings. The van der Waals surface area contributed by atoms with Gasteiger partial charge < -0.3 is 20.3 Å². The molecule has 1 fully saturated rings. The standard InChI is InChI=1S/C24H28N6O2/c1-32-20-7-3-2-6-19(20)30-15-13-29(14-16-30)12-11-26-24-22-17(5-4-10-25-22)18-8-9-21(31)27-23(18)28-24/h2-7,10H,8-9,11-16H2,1H3,(H2,26,27,28,31). The van der Waals surface area contributed by atoms with Crippen LogP contribution in [-0.2, 0) is 11.2 Å². The minimum atomic E-state index is 0.0205. The van der Waals surface area contributed by atoms with Crippen molar-refractivity contribution in [3.05, 3.63) is 48.2 Å². The number of amides is 1. The first-order chi connectivity index (χ1) is 15.7. The van der Waals surface area contributed by atoms with Gasteiger partial charge in [0.1, 0.15) is 17.1 Å². The number of hydrogen-bond donors (Lipinski definition) is 2. The molecular formula is C24H28N6O2. The van der Waals surface area contributed by atoms with E-state index in [9.17, 15) is 4.79 Å². The van der Waals surface area contributed by atoms with Crippen molar-refractivity contribution in [3.63, 3.8) is 0 Å². The number of fused-ring (bicyclic) bond motifs is 3. The topological polar surface area (TPSA) is 82.6 Å². The van der Waals surface area contributed by atoms with Crippen molar-refractivity contribution in [3.8, 4) is 5.75 Å². The second kappa shape index (κ2) is 9.00. The van der Waals surface area contributed by atoms with Gasteiger partial charge in [-0.25, -0.2) is 4.98 Å². The van der Waals surface area contributed by atoms with Crippen LogP contribution >= 0.6 is 0 Å². The first-order valence-corrected chi connectivity index (χ1v) is 11.1. The Morgan fingerprint density at radius 2 is 1.94 bits per heavy atom. The fraction of sp³-hybridized carbons (Fsp3) is 0.375. The number of aromatic nitrogens is 2. The second-order valence-corrected chi connectivity index (χ2v) is 8.16. The second-order valence-electron chi connectivity index (χ2n) is 8.16. The third-order valence-electron chi connectivity index (χ3n) is 6.25. The van der Waals surface area contributed by atoms with Crippen molar-refractivity contribution in [2.75, 3.05) is 61.9 Å². The number of rotatable bonds is 6. The molecule has 0 unspecified atom stereocenters. The lowest BCUT2D eigenvalue weighted by molar-refractivity contribution is -0.116. The van der Waals surface area contributed by atoms with Crippen molar-refractivity contribution in [2.45, 2.75) is 12.8 Å². The quantitative estimate of drug-likeness (QED) is 0.620. The normalized spacial score (nSPS) is 16.5. The number of ether oxygens (including phenoxy) is 1. The van der Waals surface area contributed by atoms with Crippen molar-refractivity contribution in [2.24, 2.45) is 0 Å². The Bertz CT molecular complexity index is 1130. The van der Waals surface area contributed by atoms with E-state index >= 15 is 0 Å². The Balaban J connectivity index is 1.22. The fourth-order valence-electron chi connectivity index (χ4n) is 4.55. The largest absolute Gasteiger partial charge is 0.495 e. The Labute approximate surface area is 187 Å². The molecule has 0 atom stereocenters. The van der Waals surface area contributed by atoms with Crippen LogP contribution in [0.5, 0.6) is 5.75 Å². The van der Waals surface area contributed by atoms with Crippen LogP contribution < -0.4 is 20.3 Å². The molecule has 2 aliphatic heterocycles. The number of methoxy groups -OCH3 is 1. The summed E-state index contributed by atoms with van der Waals surface area (Å²) in [5.74, 6) is 2.34. The molecule has 0 aliphatic carbocycles. The predicted molar refractivity (Wildman–Crippen MR) is 127 cm³/mol. The van der Waals surface area contributed by atoms with E-state index in [1.807, 2.05) is 18.2 Å². The number of pyridine rings is 2. The highest BCUT2D eigenvalue weighted by Gasteiger charge is 2.22. The van der Waals surface area contributed by atoms with Crippen molar-refractivity contribution in [1.82, 2.24) is 14.9 Å². The van der Waals surface area contributed by atoms with Crippen LogP contribution in [0.3, 0.4) is 0 Å². The minimum absolute atomic E-state index is 0.0205. The molecule has 0 radical (unpaired) electrons. The smallest absolute Gasteiger partial charge is 0.225 e. The lowest BCUT2D eigenvalue weighted by atomic mass is 10.0. The molecular weight excluding hydrogens is 404 g/mol. The van der Waals surface area contributed by atoms with E-state index in [0.29, 0.717) is 18.7 Å². The van der Waals surface area contributed by atoms with E-state index < -0.39 is 0 Å². The number of benzene rings is 1. The average Bonchev–Trinajstić information content (AvgIpc) is 2.84. The monoisotopic (exact) mass is 432 g/mol. The number of anilines is 3. The van der Waals surface area contributed by atoms with E-state index in [1.54, 1.807) is 13.3 Å². The zero-order chi connectivity index (χ0) is 21.9. The minimum Gasteiger partial charge on any atom is -0.495 e. The lowest BCUT2D eigenvalue weighted by Crippen LogP contribution is -2.47. The van der Waals surface area contributed by atoms with Gasteiger partial charge in [-0.15, -0.1) is 0 Å². The maximum atomic E-state index is 11.9. The summed E-state index contributed by atoms with van der Waals surface area (Å²) in [5.41, 5.74) is 3.10. The Kier molecular flexibility index (Phi) is 5.77. The zero-order valence-electron chi connectivity index (χ0n) is 18.3. The summed E-state index contributed by atoms with van der Waals surface area (Å²) in [4.78, 5) is 26.0. The van der Waals surface area contributed by atoms with E-state index in [1.165, 1.54) is 0 Å². The Morgan fingerprint density at radius 1 is 1.09 bits per heavy atom. The number of aryl methyl sites for hydroxylation is 1. The molecule has 3 aromatic rings. The highest BCUT2D eigenvalue weighted by molar-refractivity contribution is 6.00. The first-order valence-electron chi connectivity index (χ1n) is 11.1. The summed E-state index contributed by atoms with van der Waals surface area (Å²) in [6.07, 6.45) is 2.99. The molecule has 1 aromatic carbocycles. The van der Waals surface area contributed by atoms with Crippen LogP contribution in [0, 0.1) is 0 Å². The van der Waals surface area contributed by atoms with Gasteiger partial charge in [-0.3, -0.25) is 14.7 Å². The molecule has 8 heteroatoms. The molecule has 1 amide bonds. The number of piperazine rings is 1. The van der Waals surface area contributed by atoms with Crippen molar-refractivity contribution in [1.29, 1.82) is 0 Å². The molecule has 4 heterocycles. The number of nitrogens with zero attached hydrogens (tertiary/aromatic N) is 4. The Hall–Kier alpha value is -3.39. The number of carbonyl (C=O) groups is 1. The molecule has 1 saturated heterocycles. The summed E-state index contributed by atoms with van der Waals surface area (Å²) >= 11 is 0. The van der Waals surface area contributed by atoms with Crippen LogP contribution in [-0.4, -0.2) is 67.2 Å². The van der Waals surface area contributed by atoms with Gasteiger partial charge in [-0.2, -0.15) is 0 Å². The van der Waals surface area contributed by atoms with Gasteiger partial charge in [0, 0.05) is 62.8 Å². The number of carbonyl (C=O) groups excluding carboxylic acids is 1. The van der Waals surface area contributed by atoms with Gasteiger partial charge in [0.05, 0.1) is 12.8 Å². The predicted octanol–water partition coefficient (Wildman–Crippen LogP) is 2.76. The van der Waals surface area contributed by atoms with Crippen molar-refractivity contribution >= 4 is 34.1 Å². The summed E-state index contributed by atoms with van der Waals surface area (Å²) in [6.45, 7) is 5.60. The number of para-hydroxylation sites is 2. The van der Waals surface area contributed by atoms with Gasteiger partial charge in [0.2, 0.25) is 5.91 Å². The average molecular weight is 433 g/mol. The molecule has 166 valence electrons. The maximum Gasteiger partial charge on any atom is 0.225 e. The third kappa shape index (κ3) is 4.05. The highest BCUT2D eigenvalue weighted by Crippen LogP contribution is 2.32. The highest BCUT2D eigenvalue weighted by atomic mass is 16.5. The van der Waals surface area contributed by atoms with E-state index in [4.69, 9.17) is 9.72 Å². The van der Waals surface area contributed by atoms with Crippen molar-refractivity contribution < 1.29 is 9.53 Å². The molecule has 0 saturated carbocycles.